The zero-order valence-electron chi connectivity index (χ0n) is 11.6. The van der Waals surface area contributed by atoms with Crippen LogP contribution in [0.25, 0.3) is 0 Å². The van der Waals surface area contributed by atoms with E-state index in [0.29, 0.717) is 12.3 Å². The Hall–Kier alpha value is -1.56. The molecule has 0 heterocycles. The van der Waals surface area contributed by atoms with Gasteiger partial charge in [-0.25, -0.2) is 4.79 Å². The maximum absolute atomic E-state index is 11.6. The van der Waals surface area contributed by atoms with Gasteiger partial charge in [0.2, 0.25) is 0 Å². The van der Waals surface area contributed by atoms with Crippen molar-refractivity contribution in [2.24, 2.45) is 0 Å². The van der Waals surface area contributed by atoms with Gasteiger partial charge in [-0.15, -0.1) is 0 Å². The number of nitrogens with one attached hydrogen (secondary N) is 2. The van der Waals surface area contributed by atoms with Gasteiger partial charge in [0, 0.05) is 54.3 Å². The predicted octanol–water partition coefficient (Wildman–Crippen LogP) is 1.64. The number of amides is 2. The first-order valence-corrected chi connectivity index (χ1v) is 7.91. The fraction of sp³-hybridized carbons (Fsp3) is 0.462. The third-order valence-corrected chi connectivity index (χ3v) is 3.47. The van der Waals surface area contributed by atoms with E-state index in [1.165, 1.54) is 0 Å². The molecule has 6 heteroatoms. The fourth-order valence-electron chi connectivity index (χ4n) is 1.49. The molecule has 0 saturated heterocycles. The van der Waals surface area contributed by atoms with E-state index in [2.05, 4.69) is 22.5 Å². The van der Waals surface area contributed by atoms with Crippen LogP contribution in [0.4, 0.5) is 16.2 Å². The van der Waals surface area contributed by atoms with E-state index in [4.69, 9.17) is 0 Å². The Balaban J connectivity index is 2.52. The molecule has 106 valence electrons. The molecule has 0 unspecified atom stereocenters. The van der Waals surface area contributed by atoms with Crippen molar-refractivity contribution in [2.75, 3.05) is 42.4 Å². The van der Waals surface area contributed by atoms with Gasteiger partial charge in [0.25, 0.3) is 0 Å². The number of carbonyl (C=O) groups is 1. The van der Waals surface area contributed by atoms with Gasteiger partial charge in [0.1, 0.15) is 0 Å². The van der Waals surface area contributed by atoms with Crippen LogP contribution < -0.4 is 15.5 Å². The minimum Gasteiger partial charge on any atom is -0.375 e. The minimum absolute atomic E-state index is 0.276. The predicted molar refractivity (Wildman–Crippen MR) is 81.3 cm³/mol. The lowest BCUT2D eigenvalue weighted by atomic mass is 10.2. The van der Waals surface area contributed by atoms with Crippen LogP contribution in [0.3, 0.4) is 0 Å². The normalized spacial score (nSPS) is 11.7. The summed E-state index contributed by atoms with van der Waals surface area (Å²) in [4.78, 5) is 13.7. The van der Waals surface area contributed by atoms with E-state index in [9.17, 15) is 9.00 Å². The zero-order chi connectivity index (χ0) is 14.3. The summed E-state index contributed by atoms with van der Waals surface area (Å²) in [5.74, 6) is 0.464. The zero-order valence-corrected chi connectivity index (χ0v) is 12.4. The molecule has 19 heavy (non-hydrogen) atoms. The molecule has 0 radical (unpaired) electrons. The number of urea groups is 1. The number of benzene rings is 1. The summed E-state index contributed by atoms with van der Waals surface area (Å²) >= 11 is 0. The average molecular weight is 283 g/mol. The van der Waals surface area contributed by atoms with Gasteiger partial charge in [-0.05, 0) is 25.1 Å². The molecule has 1 aromatic rings. The minimum atomic E-state index is -0.889. The standard InChI is InChI=1S/C13H21N3O2S/c1-4-16(2)12-7-5-6-11(10-12)15-13(17)14-8-9-19(3)18/h5-7,10H,4,8-9H2,1-3H3,(H2,14,15,17)/t19-/m1/s1. The van der Waals surface area contributed by atoms with Crippen LogP contribution in [0.15, 0.2) is 24.3 Å². The monoisotopic (exact) mass is 283 g/mol. The molecule has 1 aromatic carbocycles. The van der Waals surface area contributed by atoms with Crippen LogP contribution in [0.2, 0.25) is 0 Å². The molecule has 0 saturated carbocycles. The first-order valence-electron chi connectivity index (χ1n) is 6.19. The highest BCUT2D eigenvalue weighted by Crippen LogP contribution is 2.17. The number of rotatable bonds is 6. The highest BCUT2D eigenvalue weighted by atomic mass is 32.2. The molecule has 0 fully saturated rings. The van der Waals surface area contributed by atoms with E-state index >= 15 is 0 Å². The Morgan fingerprint density at radius 3 is 2.79 bits per heavy atom. The van der Waals surface area contributed by atoms with Gasteiger partial charge < -0.3 is 15.5 Å². The van der Waals surface area contributed by atoms with Gasteiger partial charge in [-0.1, -0.05) is 6.07 Å². The summed E-state index contributed by atoms with van der Waals surface area (Å²) in [6.07, 6.45) is 1.61. The van der Waals surface area contributed by atoms with Crippen LogP contribution in [0, 0.1) is 0 Å². The van der Waals surface area contributed by atoms with Crippen molar-refractivity contribution in [3.8, 4) is 0 Å². The van der Waals surface area contributed by atoms with E-state index in [-0.39, 0.29) is 6.03 Å². The fourth-order valence-corrected chi connectivity index (χ4v) is 1.88. The van der Waals surface area contributed by atoms with Crippen molar-refractivity contribution in [3.05, 3.63) is 24.3 Å². The second kappa shape index (κ2) is 7.78. The first kappa shape index (κ1) is 15.5. The summed E-state index contributed by atoms with van der Waals surface area (Å²) in [6.45, 7) is 3.37. The molecule has 0 spiro atoms. The quantitative estimate of drug-likeness (QED) is 0.834. The lowest BCUT2D eigenvalue weighted by Crippen LogP contribution is -2.31. The van der Waals surface area contributed by atoms with Gasteiger partial charge in [0.15, 0.2) is 0 Å². The molecule has 0 aromatic heterocycles. The van der Waals surface area contributed by atoms with Crippen LogP contribution >= 0.6 is 0 Å². The van der Waals surface area contributed by atoms with Crippen LogP contribution in [-0.4, -0.2) is 42.4 Å². The Bertz CT molecular complexity index is 451. The summed E-state index contributed by atoms with van der Waals surface area (Å²) in [5.41, 5.74) is 1.79. The Kier molecular flexibility index (Phi) is 6.35. The second-order valence-corrected chi connectivity index (χ2v) is 5.78. The van der Waals surface area contributed by atoms with E-state index in [0.717, 1.165) is 17.9 Å². The number of hydrogen-bond acceptors (Lipinski definition) is 3. The summed E-state index contributed by atoms with van der Waals surface area (Å²) in [6, 6.07) is 7.37. The average Bonchev–Trinajstić information content (AvgIpc) is 2.37. The van der Waals surface area contributed by atoms with Gasteiger partial charge in [-0.2, -0.15) is 0 Å². The molecular formula is C13H21N3O2S. The molecular weight excluding hydrogens is 262 g/mol. The third kappa shape index (κ3) is 5.74. The molecule has 5 nitrogen and oxygen atoms in total. The number of anilines is 2. The molecule has 0 aliphatic rings. The SMILES string of the molecule is CCN(C)c1cccc(NC(=O)NCC[S@@](C)=O)c1. The Morgan fingerprint density at radius 2 is 2.16 bits per heavy atom. The highest BCUT2D eigenvalue weighted by molar-refractivity contribution is 7.84. The smallest absolute Gasteiger partial charge is 0.319 e. The molecule has 0 bridgehead atoms. The summed E-state index contributed by atoms with van der Waals surface area (Å²) in [5, 5.41) is 5.43. The van der Waals surface area contributed by atoms with Crippen LogP contribution in [-0.2, 0) is 10.8 Å². The van der Waals surface area contributed by atoms with Gasteiger partial charge >= 0.3 is 6.03 Å². The van der Waals surface area contributed by atoms with Crippen molar-refractivity contribution in [1.82, 2.24) is 5.32 Å². The second-order valence-electron chi connectivity index (χ2n) is 4.22. The summed E-state index contributed by atoms with van der Waals surface area (Å²) in [7, 11) is 1.11. The Labute approximate surface area is 116 Å². The van der Waals surface area contributed by atoms with Crippen molar-refractivity contribution in [2.45, 2.75) is 6.92 Å². The maximum Gasteiger partial charge on any atom is 0.319 e. The lowest BCUT2D eigenvalue weighted by molar-refractivity contribution is 0.252. The van der Waals surface area contributed by atoms with Crippen molar-refractivity contribution in [1.29, 1.82) is 0 Å². The lowest BCUT2D eigenvalue weighted by Gasteiger charge is -2.17. The molecule has 1 atom stereocenters. The molecule has 0 aliphatic heterocycles. The van der Waals surface area contributed by atoms with Crippen molar-refractivity contribution < 1.29 is 9.00 Å². The molecule has 0 aliphatic carbocycles. The maximum atomic E-state index is 11.6. The highest BCUT2D eigenvalue weighted by Gasteiger charge is 2.03. The third-order valence-electron chi connectivity index (χ3n) is 2.69. The van der Waals surface area contributed by atoms with Crippen molar-refractivity contribution in [3.63, 3.8) is 0 Å². The molecule has 2 N–H and O–H groups in total. The van der Waals surface area contributed by atoms with E-state index in [1.807, 2.05) is 31.3 Å². The van der Waals surface area contributed by atoms with E-state index < -0.39 is 10.8 Å². The van der Waals surface area contributed by atoms with Gasteiger partial charge in [-0.3, -0.25) is 4.21 Å². The largest absolute Gasteiger partial charge is 0.375 e. The molecule has 1 rings (SSSR count). The Morgan fingerprint density at radius 1 is 1.42 bits per heavy atom. The van der Waals surface area contributed by atoms with Crippen molar-refractivity contribution >= 4 is 28.2 Å². The molecule has 2 amide bonds. The number of nitrogens with zero attached hydrogens (tertiary/aromatic N) is 1. The van der Waals surface area contributed by atoms with Gasteiger partial charge in [0.05, 0.1) is 0 Å². The first-order chi connectivity index (χ1) is 9.02. The number of hydrogen-bond donors (Lipinski definition) is 2. The van der Waals surface area contributed by atoms with Crippen LogP contribution in [0.5, 0.6) is 0 Å². The van der Waals surface area contributed by atoms with Crippen LogP contribution in [0.1, 0.15) is 6.92 Å². The number of carbonyl (C=O) groups excluding carboxylic acids is 1. The topological polar surface area (TPSA) is 61.4 Å². The van der Waals surface area contributed by atoms with E-state index in [1.54, 1.807) is 6.26 Å². The summed E-state index contributed by atoms with van der Waals surface area (Å²) < 4.78 is 10.9.